The molecule has 0 aliphatic carbocycles. The summed E-state index contributed by atoms with van der Waals surface area (Å²) in [5, 5.41) is 1.95. The van der Waals surface area contributed by atoms with E-state index in [2.05, 4.69) is 0 Å². The van der Waals surface area contributed by atoms with Crippen LogP contribution >= 0.6 is 0 Å². The van der Waals surface area contributed by atoms with Crippen LogP contribution in [-0.2, 0) is 14.8 Å². The lowest BCUT2D eigenvalue weighted by molar-refractivity contribution is -0.115. The number of halogens is 3. The third-order valence-corrected chi connectivity index (χ3v) is 4.49. The molecule has 1 amide bonds. The van der Waals surface area contributed by atoms with Crippen LogP contribution in [0.3, 0.4) is 0 Å². The van der Waals surface area contributed by atoms with E-state index >= 15 is 0 Å². The maximum Gasteiger partial charge on any atom is 0.241 e. The van der Waals surface area contributed by atoms with E-state index in [0.29, 0.717) is 0 Å². The number of para-hydroxylation sites is 1. The van der Waals surface area contributed by atoms with Gasteiger partial charge in [0.05, 0.1) is 11.4 Å². The second-order valence-electron chi connectivity index (χ2n) is 4.88. The van der Waals surface area contributed by atoms with Crippen LogP contribution in [0.15, 0.2) is 41.3 Å². The van der Waals surface area contributed by atoms with Gasteiger partial charge in [-0.25, -0.2) is 26.3 Å². The Labute approximate surface area is 136 Å². The van der Waals surface area contributed by atoms with Gasteiger partial charge in [0.15, 0.2) is 0 Å². The third-order valence-electron chi connectivity index (χ3n) is 3.09. The first kappa shape index (κ1) is 18.0. The van der Waals surface area contributed by atoms with Gasteiger partial charge >= 0.3 is 0 Å². The quantitative estimate of drug-likeness (QED) is 0.861. The van der Waals surface area contributed by atoms with Crippen LogP contribution in [0.2, 0.25) is 0 Å². The number of hydrogen-bond acceptors (Lipinski definition) is 3. The molecule has 5 nitrogen and oxygen atoms in total. The minimum absolute atomic E-state index is 0.121. The van der Waals surface area contributed by atoms with Crippen molar-refractivity contribution in [3.63, 3.8) is 0 Å². The highest BCUT2D eigenvalue weighted by atomic mass is 32.2. The molecule has 2 rings (SSSR count). The molecule has 0 bridgehead atoms. The first-order chi connectivity index (χ1) is 11.2. The summed E-state index contributed by atoms with van der Waals surface area (Å²) in [7, 11) is -4.07. The van der Waals surface area contributed by atoms with E-state index in [1.54, 1.807) is 0 Å². The van der Waals surface area contributed by atoms with Crippen LogP contribution in [-0.4, -0.2) is 20.9 Å². The molecule has 128 valence electrons. The van der Waals surface area contributed by atoms with E-state index in [9.17, 15) is 26.4 Å². The van der Waals surface area contributed by atoms with Crippen LogP contribution in [0.4, 0.5) is 18.9 Å². The first-order valence-electron chi connectivity index (χ1n) is 6.70. The number of amides is 1. The fourth-order valence-electron chi connectivity index (χ4n) is 1.83. The molecule has 0 unspecified atom stereocenters. The van der Waals surface area contributed by atoms with Crippen molar-refractivity contribution in [2.75, 3.05) is 11.9 Å². The van der Waals surface area contributed by atoms with Crippen molar-refractivity contribution in [3.8, 4) is 0 Å². The van der Waals surface area contributed by atoms with Gasteiger partial charge in [0.2, 0.25) is 15.9 Å². The average molecular weight is 358 g/mol. The summed E-state index contributed by atoms with van der Waals surface area (Å²) in [5.74, 6) is -3.50. The van der Waals surface area contributed by atoms with E-state index < -0.39 is 45.6 Å². The Morgan fingerprint density at radius 3 is 2.25 bits per heavy atom. The number of anilines is 1. The van der Waals surface area contributed by atoms with Crippen molar-refractivity contribution in [2.45, 2.75) is 11.8 Å². The van der Waals surface area contributed by atoms with Gasteiger partial charge in [-0.05, 0) is 42.8 Å². The smallest absolute Gasteiger partial charge is 0.241 e. The van der Waals surface area contributed by atoms with E-state index in [4.69, 9.17) is 0 Å². The normalized spacial score (nSPS) is 11.3. The Balaban J connectivity index is 2.06. The lowest BCUT2D eigenvalue weighted by Crippen LogP contribution is -2.33. The third kappa shape index (κ3) is 4.12. The predicted molar refractivity (Wildman–Crippen MR) is 81.3 cm³/mol. The van der Waals surface area contributed by atoms with E-state index in [-0.39, 0.29) is 10.5 Å². The summed E-state index contributed by atoms with van der Waals surface area (Å²) in [6, 6.07) is 6.15. The second kappa shape index (κ2) is 7.02. The Morgan fingerprint density at radius 1 is 1.04 bits per heavy atom. The van der Waals surface area contributed by atoms with Crippen molar-refractivity contribution in [2.24, 2.45) is 0 Å². The monoisotopic (exact) mass is 358 g/mol. The molecule has 0 aromatic heterocycles. The summed E-state index contributed by atoms with van der Waals surface area (Å²) in [5.41, 5.74) is -0.546. The van der Waals surface area contributed by atoms with Gasteiger partial charge < -0.3 is 5.32 Å². The van der Waals surface area contributed by atoms with Crippen molar-refractivity contribution in [1.29, 1.82) is 0 Å². The number of rotatable bonds is 5. The molecule has 0 fully saturated rings. The Bertz CT molecular complexity index is 865. The summed E-state index contributed by atoms with van der Waals surface area (Å²) < 4.78 is 66.0. The van der Waals surface area contributed by atoms with Crippen LogP contribution in [0.1, 0.15) is 5.56 Å². The highest BCUT2D eigenvalue weighted by Gasteiger charge is 2.18. The van der Waals surface area contributed by atoms with Gasteiger partial charge in [-0.1, -0.05) is 6.07 Å². The number of carbonyl (C=O) groups excluding carboxylic acids is 1. The molecule has 0 spiro atoms. The molecule has 0 aliphatic rings. The van der Waals surface area contributed by atoms with Crippen LogP contribution < -0.4 is 10.0 Å². The number of aryl methyl sites for hydroxylation is 1. The highest BCUT2D eigenvalue weighted by Crippen LogP contribution is 2.18. The average Bonchev–Trinajstić information content (AvgIpc) is 2.52. The molecule has 0 aliphatic heterocycles. The summed E-state index contributed by atoms with van der Waals surface area (Å²) >= 11 is 0. The number of carbonyl (C=O) groups is 1. The molecule has 0 atom stereocenters. The molecule has 9 heteroatoms. The fraction of sp³-hybridized carbons (Fsp3) is 0.133. The number of sulfonamides is 1. The zero-order chi connectivity index (χ0) is 17.9. The van der Waals surface area contributed by atoms with E-state index in [1.165, 1.54) is 6.92 Å². The van der Waals surface area contributed by atoms with Crippen LogP contribution in [0.5, 0.6) is 0 Å². The second-order valence-corrected chi connectivity index (χ2v) is 6.65. The van der Waals surface area contributed by atoms with Crippen LogP contribution in [0.25, 0.3) is 0 Å². The van der Waals surface area contributed by atoms with E-state index in [1.807, 2.05) is 10.0 Å². The standard InChI is InChI=1S/C15H13F3N2O3S/c1-9-7-10(5-6-11(9)16)24(22,23)19-8-14(21)20-15-12(17)3-2-4-13(15)18/h2-7,19H,8H2,1H3,(H,20,21). The lowest BCUT2D eigenvalue weighted by Gasteiger charge is -2.09. The Kier molecular flexibility index (Phi) is 5.25. The van der Waals surface area contributed by atoms with Gasteiger partial charge in [0.1, 0.15) is 23.1 Å². The summed E-state index contributed by atoms with van der Waals surface area (Å²) in [4.78, 5) is 11.5. The molecule has 2 aromatic rings. The van der Waals surface area contributed by atoms with Crippen molar-refractivity contribution >= 4 is 21.6 Å². The van der Waals surface area contributed by atoms with Crippen molar-refractivity contribution < 1.29 is 26.4 Å². The maximum atomic E-state index is 13.4. The summed E-state index contributed by atoms with van der Waals surface area (Å²) in [6.07, 6.45) is 0. The number of benzene rings is 2. The number of nitrogens with one attached hydrogen (secondary N) is 2. The maximum absolute atomic E-state index is 13.4. The first-order valence-corrected chi connectivity index (χ1v) is 8.18. The molecule has 0 saturated heterocycles. The molecule has 0 radical (unpaired) electrons. The highest BCUT2D eigenvalue weighted by molar-refractivity contribution is 7.89. The fourth-order valence-corrected chi connectivity index (χ4v) is 2.90. The van der Waals surface area contributed by atoms with Gasteiger partial charge in [-0.15, -0.1) is 0 Å². The topological polar surface area (TPSA) is 75.3 Å². The molecule has 0 heterocycles. The molecule has 0 saturated carbocycles. The minimum Gasteiger partial charge on any atom is -0.320 e. The molecular formula is C15H13F3N2O3S. The Morgan fingerprint density at radius 2 is 1.67 bits per heavy atom. The largest absolute Gasteiger partial charge is 0.320 e. The number of hydrogen-bond donors (Lipinski definition) is 2. The molecular weight excluding hydrogens is 345 g/mol. The zero-order valence-electron chi connectivity index (χ0n) is 12.4. The van der Waals surface area contributed by atoms with Gasteiger partial charge in [-0.3, -0.25) is 4.79 Å². The molecule has 2 aromatic carbocycles. The van der Waals surface area contributed by atoms with Crippen LogP contribution in [0, 0.1) is 24.4 Å². The van der Waals surface area contributed by atoms with Gasteiger partial charge in [0.25, 0.3) is 0 Å². The van der Waals surface area contributed by atoms with E-state index in [0.717, 1.165) is 36.4 Å². The molecule has 2 N–H and O–H groups in total. The zero-order valence-corrected chi connectivity index (χ0v) is 13.3. The van der Waals surface area contributed by atoms with Crippen molar-refractivity contribution in [1.82, 2.24) is 4.72 Å². The Hall–Kier alpha value is -2.39. The lowest BCUT2D eigenvalue weighted by atomic mass is 10.2. The van der Waals surface area contributed by atoms with Gasteiger partial charge in [0, 0.05) is 0 Å². The van der Waals surface area contributed by atoms with Crippen molar-refractivity contribution in [3.05, 3.63) is 59.4 Å². The SMILES string of the molecule is Cc1cc(S(=O)(=O)NCC(=O)Nc2c(F)cccc2F)ccc1F. The van der Waals surface area contributed by atoms with Gasteiger partial charge in [-0.2, -0.15) is 0 Å². The molecule has 24 heavy (non-hydrogen) atoms. The summed E-state index contributed by atoms with van der Waals surface area (Å²) in [6.45, 7) is 0.647. The minimum atomic E-state index is -4.07. The predicted octanol–water partition coefficient (Wildman–Crippen LogP) is 2.33.